The molecule has 2 rings (SSSR count). The second kappa shape index (κ2) is 6.18. The van der Waals surface area contributed by atoms with Crippen molar-refractivity contribution in [2.45, 2.75) is 12.8 Å². The van der Waals surface area contributed by atoms with Gasteiger partial charge in [0.15, 0.2) is 0 Å². The van der Waals surface area contributed by atoms with Gasteiger partial charge in [0.1, 0.15) is 0 Å². The standard InChI is InChI=1S/C12H13Cl2N3O/c1-15-4-2-3-11-16-17-12(18-11)8-5-9(13)7-10(14)6-8/h5-7,15H,2-4H2,1H3. The quantitative estimate of drug-likeness (QED) is 0.858. The third-order valence-electron chi connectivity index (χ3n) is 2.39. The minimum absolute atomic E-state index is 0.443. The van der Waals surface area contributed by atoms with E-state index in [9.17, 15) is 0 Å². The van der Waals surface area contributed by atoms with Gasteiger partial charge in [-0.3, -0.25) is 0 Å². The van der Waals surface area contributed by atoms with Crippen LogP contribution in [0.1, 0.15) is 12.3 Å². The van der Waals surface area contributed by atoms with E-state index in [0.29, 0.717) is 21.8 Å². The largest absolute Gasteiger partial charge is 0.421 e. The molecule has 1 aromatic heterocycles. The lowest BCUT2D eigenvalue weighted by molar-refractivity contribution is 0.495. The number of hydrogen-bond donors (Lipinski definition) is 1. The molecule has 2 aromatic rings. The van der Waals surface area contributed by atoms with Gasteiger partial charge in [-0.25, -0.2) is 0 Å². The van der Waals surface area contributed by atoms with Crippen molar-refractivity contribution in [2.24, 2.45) is 0 Å². The van der Waals surface area contributed by atoms with E-state index in [2.05, 4.69) is 15.5 Å². The summed E-state index contributed by atoms with van der Waals surface area (Å²) in [5.74, 6) is 1.07. The van der Waals surface area contributed by atoms with Crippen molar-refractivity contribution in [3.63, 3.8) is 0 Å². The Hall–Kier alpha value is -1.10. The molecule has 18 heavy (non-hydrogen) atoms. The summed E-state index contributed by atoms with van der Waals surface area (Å²) in [4.78, 5) is 0. The molecule has 0 saturated heterocycles. The van der Waals surface area contributed by atoms with Crippen LogP contribution in [0.25, 0.3) is 11.5 Å². The van der Waals surface area contributed by atoms with Gasteiger partial charge in [-0.2, -0.15) is 0 Å². The van der Waals surface area contributed by atoms with Crippen LogP contribution in [0, 0.1) is 0 Å². The summed E-state index contributed by atoms with van der Waals surface area (Å²) in [6.07, 6.45) is 1.70. The number of halogens is 2. The Morgan fingerprint density at radius 1 is 1.17 bits per heavy atom. The molecule has 1 aromatic carbocycles. The van der Waals surface area contributed by atoms with Crippen LogP contribution in [0.4, 0.5) is 0 Å². The molecule has 0 aliphatic carbocycles. The summed E-state index contributed by atoms with van der Waals surface area (Å²) < 4.78 is 5.56. The van der Waals surface area contributed by atoms with Crippen LogP contribution in [0.2, 0.25) is 10.0 Å². The molecule has 0 saturated carbocycles. The Labute approximate surface area is 115 Å². The number of aryl methyl sites for hydroxylation is 1. The number of benzene rings is 1. The molecule has 0 atom stereocenters. The number of rotatable bonds is 5. The average molecular weight is 286 g/mol. The highest BCUT2D eigenvalue weighted by Gasteiger charge is 2.09. The predicted molar refractivity (Wildman–Crippen MR) is 72.0 cm³/mol. The summed E-state index contributed by atoms with van der Waals surface area (Å²) in [5, 5.41) is 12.1. The molecule has 4 nitrogen and oxygen atoms in total. The third-order valence-corrected chi connectivity index (χ3v) is 2.83. The summed E-state index contributed by atoms with van der Waals surface area (Å²) in [7, 11) is 1.91. The van der Waals surface area contributed by atoms with Crippen molar-refractivity contribution in [1.29, 1.82) is 0 Å². The molecule has 0 aliphatic heterocycles. The maximum Gasteiger partial charge on any atom is 0.247 e. The molecule has 0 bridgehead atoms. The lowest BCUT2D eigenvalue weighted by atomic mass is 10.2. The fourth-order valence-corrected chi connectivity index (χ4v) is 2.09. The predicted octanol–water partition coefficient (Wildman–Crippen LogP) is 3.20. The fraction of sp³-hybridized carbons (Fsp3) is 0.333. The van der Waals surface area contributed by atoms with E-state index < -0.39 is 0 Å². The monoisotopic (exact) mass is 285 g/mol. The normalized spacial score (nSPS) is 10.8. The van der Waals surface area contributed by atoms with Gasteiger partial charge in [0.05, 0.1) is 0 Å². The molecule has 0 unspecified atom stereocenters. The first-order chi connectivity index (χ1) is 8.69. The lowest BCUT2D eigenvalue weighted by Gasteiger charge is -1.98. The minimum Gasteiger partial charge on any atom is -0.421 e. The Kier molecular flexibility index (Phi) is 4.58. The van der Waals surface area contributed by atoms with E-state index in [1.54, 1.807) is 18.2 Å². The highest BCUT2D eigenvalue weighted by atomic mass is 35.5. The highest BCUT2D eigenvalue weighted by molar-refractivity contribution is 6.35. The fourth-order valence-electron chi connectivity index (χ4n) is 1.56. The summed E-state index contributed by atoms with van der Waals surface area (Å²) in [6.45, 7) is 0.917. The zero-order valence-corrected chi connectivity index (χ0v) is 11.4. The Morgan fingerprint density at radius 2 is 1.89 bits per heavy atom. The molecule has 0 fully saturated rings. The summed E-state index contributed by atoms with van der Waals surface area (Å²) in [5.41, 5.74) is 0.736. The van der Waals surface area contributed by atoms with Crippen molar-refractivity contribution in [2.75, 3.05) is 13.6 Å². The van der Waals surface area contributed by atoms with Crippen LogP contribution in [-0.2, 0) is 6.42 Å². The number of hydrogen-bond acceptors (Lipinski definition) is 4. The lowest BCUT2D eigenvalue weighted by Crippen LogP contribution is -2.08. The van der Waals surface area contributed by atoms with Crippen molar-refractivity contribution in [3.05, 3.63) is 34.1 Å². The first-order valence-corrected chi connectivity index (χ1v) is 6.38. The molecule has 96 valence electrons. The second-order valence-corrected chi connectivity index (χ2v) is 4.74. The molecule has 0 radical (unpaired) electrons. The third kappa shape index (κ3) is 3.45. The molecule has 0 amide bonds. The first-order valence-electron chi connectivity index (χ1n) is 5.62. The van der Waals surface area contributed by atoms with Gasteiger partial charge in [-0.05, 0) is 38.2 Å². The van der Waals surface area contributed by atoms with Crippen LogP contribution in [0.15, 0.2) is 22.6 Å². The molecule has 0 spiro atoms. The van der Waals surface area contributed by atoms with Crippen LogP contribution in [-0.4, -0.2) is 23.8 Å². The van der Waals surface area contributed by atoms with Gasteiger partial charge in [0.25, 0.3) is 0 Å². The van der Waals surface area contributed by atoms with E-state index in [1.807, 2.05) is 7.05 Å². The Balaban J connectivity index is 2.13. The van der Waals surface area contributed by atoms with E-state index >= 15 is 0 Å². The molecule has 0 aliphatic rings. The van der Waals surface area contributed by atoms with Crippen LogP contribution >= 0.6 is 23.2 Å². The smallest absolute Gasteiger partial charge is 0.247 e. The first kappa shape index (κ1) is 13.3. The zero-order valence-electron chi connectivity index (χ0n) is 9.91. The summed E-state index contributed by atoms with van der Waals surface area (Å²) in [6, 6.07) is 5.16. The molecule has 6 heteroatoms. The van der Waals surface area contributed by atoms with Crippen molar-refractivity contribution in [1.82, 2.24) is 15.5 Å². The van der Waals surface area contributed by atoms with Gasteiger partial charge < -0.3 is 9.73 Å². The maximum atomic E-state index is 5.93. The molecule has 1 heterocycles. The SMILES string of the molecule is CNCCCc1nnc(-c2cc(Cl)cc(Cl)c2)o1. The molecular weight excluding hydrogens is 273 g/mol. The topological polar surface area (TPSA) is 51.0 Å². The Bertz CT molecular complexity index is 508. The minimum atomic E-state index is 0.443. The van der Waals surface area contributed by atoms with Crippen LogP contribution in [0.3, 0.4) is 0 Å². The van der Waals surface area contributed by atoms with Crippen LogP contribution < -0.4 is 5.32 Å². The van der Waals surface area contributed by atoms with Gasteiger partial charge in [-0.1, -0.05) is 23.2 Å². The maximum absolute atomic E-state index is 5.93. The second-order valence-electron chi connectivity index (χ2n) is 3.87. The van der Waals surface area contributed by atoms with Crippen LogP contribution in [0.5, 0.6) is 0 Å². The zero-order chi connectivity index (χ0) is 13.0. The molecular formula is C12H13Cl2N3O. The number of aromatic nitrogens is 2. The summed E-state index contributed by atoms with van der Waals surface area (Å²) >= 11 is 11.9. The van der Waals surface area contributed by atoms with E-state index in [-0.39, 0.29) is 0 Å². The van der Waals surface area contributed by atoms with E-state index in [4.69, 9.17) is 27.6 Å². The van der Waals surface area contributed by atoms with Crippen molar-refractivity contribution >= 4 is 23.2 Å². The number of nitrogens with one attached hydrogen (secondary N) is 1. The van der Waals surface area contributed by atoms with Gasteiger partial charge in [0, 0.05) is 22.0 Å². The Morgan fingerprint density at radius 3 is 2.56 bits per heavy atom. The van der Waals surface area contributed by atoms with Gasteiger partial charge >= 0.3 is 0 Å². The van der Waals surface area contributed by atoms with E-state index in [1.165, 1.54) is 0 Å². The van der Waals surface area contributed by atoms with Gasteiger partial charge in [-0.15, -0.1) is 10.2 Å². The van der Waals surface area contributed by atoms with Crippen molar-refractivity contribution < 1.29 is 4.42 Å². The average Bonchev–Trinajstić information content (AvgIpc) is 2.77. The van der Waals surface area contributed by atoms with E-state index in [0.717, 1.165) is 24.9 Å². The number of nitrogens with zero attached hydrogens (tertiary/aromatic N) is 2. The molecule has 1 N–H and O–H groups in total. The highest BCUT2D eigenvalue weighted by Crippen LogP contribution is 2.26. The van der Waals surface area contributed by atoms with Crippen molar-refractivity contribution in [3.8, 4) is 11.5 Å². The van der Waals surface area contributed by atoms with Gasteiger partial charge in [0.2, 0.25) is 11.8 Å².